The third-order valence-electron chi connectivity index (χ3n) is 6.77. The van der Waals surface area contributed by atoms with Gasteiger partial charge in [0, 0.05) is 36.3 Å². The Hall–Kier alpha value is -3.59. The number of rotatable bonds is 6. The fourth-order valence-electron chi connectivity index (χ4n) is 5.25. The smallest absolute Gasteiger partial charge is 0.295 e. The van der Waals surface area contributed by atoms with Crippen LogP contribution < -0.4 is 5.32 Å². The maximum absolute atomic E-state index is 13.0. The molecule has 2 aliphatic rings. The first-order valence-corrected chi connectivity index (χ1v) is 11.3. The lowest BCUT2D eigenvalue weighted by Gasteiger charge is -2.49. The lowest BCUT2D eigenvalue weighted by molar-refractivity contribution is -0.384. The first-order valence-electron chi connectivity index (χ1n) is 11.3. The second-order valence-corrected chi connectivity index (χ2v) is 8.84. The molecule has 9 nitrogen and oxygen atoms in total. The summed E-state index contributed by atoms with van der Waals surface area (Å²) >= 11 is 0. The quantitative estimate of drug-likeness (QED) is 0.459. The molecule has 2 aromatic carbocycles. The highest BCUT2D eigenvalue weighted by Gasteiger charge is 2.38. The van der Waals surface area contributed by atoms with Crippen molar-refractivity contribution < 1.29 is 9.72 Å². The third kappa shape index (κ3) is 4.49. The second-order valence-electron chi connectivity index (χ2n) is 8.84. The molecule has 2 unspecified atom stereocenters. The minimum Gasteiger partial charge on any atom is -0.349 e. The van der Waals surface area contributed by atoms with Crippen molar-refractivity contribution in [2.75, 3.05) is 0 Å². The monoisotopic (exact) mass is 446 g/mol. The van der Waals surface area contributed by atoms with E-state index in [-0.39, 0.29) is 28.9 Å². The van der Waals surface area contributed by atoms with Crippen LogP contribution in [-0.2, 0) is 6.54 Å². The Labute approximate surface area is 191 Å². The first-order chi connectivity index (χ1) is 16.1. The molecule has 2 aliphatic heterocycles. The van der Waals surface area contributed by atoms with Gasteiger partial charge >= 0.3 is 0 Å². The van der Waals surface area contributed by atoms with E-state index in [0.29, 0.717) is 12.1 Å². The van der Waals surface area contributed by atoms with Crippen molar-refractivity contribution in [3.8, 4) is 5.69 Å². The van der Waals surface area contributed by atoms with E-state index in [1.165, 1.54) is 35.4 Å². The number of carbonyl (C=O) groups excluding carboxylic acids is 1. The van der Waals surface area contributed by atoms with Crippen LogP contribution >= 0.6 is 0 Å². The lowest BCUT2D eigenvalue weighted by atomic mass is 9.81. The van der Waals surface area contributed by atoms with Crippen molar-refractivity contribution in [1.29, 1.82) is 0 Å². The average Bonchev–Trinajstić information content (AvgIpc) is 3.34. The first kappa shape index (κ1) is 21.3. The number of nitro benzene ring substituents is 1. The number of nitrogens with zero attached hydrogens (tertiary/aromatic N) is 5. The van der Waals surface area contributed by atoms with Gasteiger partial charge in [-0.05, 0) is 43.4 Å². The Morgan fingerprint density at radius 2 is 1.88 bits per heavy atom. The molecule has 170 valence electrons. The normalized spacial score (nSPS) is 22.6. The zero-order valence-electron chi connectivity index (χ0n) is 18.2. The van der Waals surface area contributed by atoms with Crippen molar-refractivity contribution in [3.63, 3.8) is 0 Å². The molecule has 5 rings (SSSR count). The highest BCUT2D eigenvalue weighted by atomic mass is 16.6. The predicted molar refractivity (Wildman–Crippen MR) is 122 cm³/mol. The van der Waals surface area contributed by atoms with E-state index in [1.807, 2.05) is 6.07 Å². The molecule has 1 amide bonds. The van der Waals surface area contributed by atoms with Gasteiger partial charge in [-0.2, -0.15) is 5.10 Å². The molecule has 33 heavy (non-hydrogen) atoms. The summed E-state index contributed by atoms with van der Waals surface area (Å²) < 4.78 is 1.32. The second kappa shape index (κ2) is 9.11. The van der Waals surface area contributed by atoms with Gasteiger partial charge in [-0.1, -0.05) is 36.8 Å². The Morgan fingerprint density at radius 1 is 1.12 bits per heavy atom. The number of hydrogen-bond acceptors (Lipinski definition) is 6. The van der Waals surface area contributed by atoms with Gasteiger partial charge in [-0.3, -0.25) is 19.8 Å². The maximum atomic E-state index is 13.0. The molecule has 3 heterocycles. The van der Waals surface area contributed by atoms with Crippen LogP contribution in [0.2, 0.25) is 0 Å². The van der Waals surface area contributed by atoms with Crippen LogP contribution in [0.25, 0.3) is 5.69 Å². The van der Waals surface area contributed by atoms with Gasteiger partial charge in [-0.15, -0.1) is 0 Å². The Kier molecular flexibility index (Phi) is 5.87. The number of benzene rings is 2. The zero-order chi connectivity index (χ0) is 22.8. The van der Waals surface area contributed by atoms with Crippen molar-refractivity contribution >= 4 is 11.6 Å². The summed E-state index contributed by atoms with van der Waals surface area (Å²) in [5.41, 5.74) is 1.69. The van der Waals surface area contributed by atoms with Crippen molar-refractivity contribution in [1.82, 2.24) is 25.0 Å². The Balaban J connectivity index is 1.29. The Morgan fingerprint density at radius 3 is 2.55 bits per heavy atom. The van der Waals surface area contributed by atoms with Crippen LogP contribution in [0.4, 0.5) is 5.69 Å². The van der Waals surface area contributed by atoms with Gasteiger partial charge in [0.2, 0.25) is 0 Å². The average molecular weight is 447 g/mol. The van der Waals surface area contributed by atoms with Gasteiger partial charge < -0.3 is 5.32 Å². The number of piperidine rings is 2. The molecule has 2 bridgehead atoms. The summed E-state index contributed by atoms with van der Waals surface area (Å²) in [7, 11) is 0. The van der Waals surface area contributed by atoms with E-state index in [1.54, 1.807) is 12.1 Å². The summed E-state index contributed by atoms with van der Waals surface area (Å²) in [4.78, 5) is 30.5. The molecule has 2 saturated heterocycles. The zero-order valence-corrected chi connectivity index (χ0v) is 18.2. The van der Waals surface area contributed by atoms with E-state index in [0.717, 1.165) is 32.2 Å². The number of nitrogens with one attached hydrogen (secondary N) is 1. The molecule has 9 heteroatoms. The molecular formula is C24H26N6O3. The number of fused-ring (bicyclic) bond motifs is 2. The van der Waals surface area contributed by atoms with Crippen molar-refractivity contribution in [2.24, 2.45) is 0 Å². The third-order valence-corrected chi connectivity index (χ3v) is 6.77. The number of hydrogen-bond donors (Lipinski definition) is 1. The molecule has 0 aliphatic carbocycles. The van der Waals surface area contributed by atoms with Crippen molar-refractivity contribution in [2.45, 2.75) is 56.8 Å². The van der Waals surface area contributed by atoms with Gasteiger partial charge in [0.05, 0.1) is 4.92 Å². The standard InChI is InChI=1S/C24H26N6O3/c31-24(18-9-10-22(23(11-18)30(32)33)29-16-25-15-26-29)27-19-12-20-7-4-8-21(13-19)28(20)14-17-5-2-1-3-6-17/h1-3,5-6,9-11,15-16,19-21H,4,7-8,12-14H2,(H,27,31). The summed E-state index contributed by atoms with van der Waals surface area (Å²) in [6.07, 6.45) is 7.98. The van der Waals surface area contributed by atoms with Crippen LogP contribution in [0, 0.1) is 10.1 Å². The number of aromatic nitrogens is 3. The number of nitro groups is 1. The van der Waals surface area contributed by atoms with Crippen LogP contribution in [0.1, 0.15) is 48.0 Å². The minimum atomic E-state index is -0.500. The topological polar surface area (TPSA) is 106 Å². The molecule has 1 aromatic heterocycles. The predicted octanol–water partition coefficient (Wildman–Crippen LogP) is 3.49. The summed E-state index contributed by atoms with van der Waals surface area (Å²) in [5.74, 6) is -0.275. The number of amides is 1. The van der Waals surface area contributed by atoms with Gasteiger partial charge in [0.15, 0.2) is 0 Å². The van der Waals surface area contributed by atoms with E-state index in [4.69, 9.17) is 0 Å². The summed E-state index contributed by atoms with van der Waals surface area (Å²) in [6, 6.07) is 15.9. The van der Waals surface area contributed by atoms with E-state index < -0.39 is 4.92 Å². The maximum Gasteiger partial charge on any atom is 0.295 e. The van der Waals surface area contributed by atoms with Crippen LogP contribution in [0.3, 0.4) is 0 Å². The molecular weight excluding hydrogens is 420 g/mol. The molecule has 0 saturated carbocycles. The van der Waals surface area contributed by atoms with Crippen molar-refractivity contribution in [3.05, 3.63) is 82.4 Å². The molecule has 3 aromatic rings. The Bertz CT molecular complexity index is 1120. The molecule has 2 fully saturated rings. The minimum absolute atomic E-state index is 0.0638. The fourth-order valence-corrected chi connectivity index (χ4v) is 5.25. The van der Waals surface area contributed by atoms with E-state index in [2.05, 4.69) is 44.6 Å². The summed E-state index contributed by atoms with van der Waals surface area (Å²) in [6.45, 7) is 0.937. The molecule has 0 spiro atoms. The van der Waals surface area contributed by atoms with Gasteiger partial charge in [0.25, 0.3) is 11.6 Å². The highest BCUT2D eigenvalue weighted by molar-refractivity contribution is 5.95. The van der Waals surface area contributed by atoms with Gasteiger partial charge in [-0.25, -0.2) is 9.67 Å². The van der Waals surface area contributed by atoms with Crippen LogP contribution in [0.5, 0.6) is 0 Å². The molecule has 1 N–H and O–H groups in total. The van der Waals surface area contributed by atoms with E-state index in [9.17, 15) is 14.9 Å². The molecule has 0 radical (unpaired) electrons. The molecule has 2 atom stereocenters. The van der Waals surface area contributed by atoms with E-state index >= 15 is 0 Å². The number of carbonyl (C=O) groups is 1. The SMILES string of the molecule is O=C(NC1CC2CCCC(C1)N2Cc1ccccc1)c1ccc(-n2cncn2)c([N+](=O)[O-])c1. The lowest BCUT2D eigenvalue weighted by Crippen LogP contribution is -2.56. The van der Waals surface area contributed by atoms with Crippen LogP contribution in [0.15, 0.2) is 61.2 Å². The largest absolute Gasteiger partial charge is 0.349 e. The summed E-state index contributed by atoms with van der Waals surface area (Å²) in [5, 5.41) is 18.7. The highest BCUT2D eigenvalue weighted by Crippen LogP contribution is 2.35. The van der Waals surface area contributed by atoms with Crippen LogP contribution in [-0.4, -0.2) is 48.6 Å². The fraction of sp³-hybridized carbons (Fsp3) is 0.375. The van der Waals surface area contributed by atoms with Gasteiger partial charge in [0.1, 0.15) is 18.3 Å².